The molecule has 0 atom stereocenters. The highest BCUT2D eigenvalue weighted by molar-refractivity contribution is 5.79. The number of ether oxygens (including phenoxy) is 1. The summed E-state index contributed by atoms with van der Waals surface area (Å²) in [4.78, 5) is 9.31. The van der Waals surface area contributed by atoms with Crippen molar-refractivity contribution < 1.29 is 4.74 Å². The lowest BCUT2D eigenvalue weighted by Crippen LogP contribution is -2.37. The zero-order chi connectivity index (χ0) is 22.6. The Kier molecular flexibility index (Phi) is 10.0. The Morgan fingerprint density at radius 1 is 0.938 bits per heavy atom. The maximum Gasteiger partial charge on any atom is 0.191 e. The molecule has 6 nitrogen and oxygen atoms in total. The van der Waals surface area contributed by atoms with Crippen LogP contribution in [0.4, 0.5) is 0 Å². The van der Waals surface area contributed by atoms with Crippen LogP contribution in [0.3, 0.4) is 0 Å². The van der Waals surface area contributed by atoms with E-state index in [4.69, 9.17) is 4.74 Å². The monoisotopic (exact) mass is 437 g/mol. The Labute approximate surface area is 193 Å². The van der Waals surface area contributed by atoms with E-state index >= 15 is 0 Å². The van der Waals surface area contributed by atoms with Crippen LogP contribution in [0.2, 0.25) is 0 Å². The van der Waals surface area contributed by atoms with E-state index in [1.54, 1.807) is 0 Å². The Morgan fingerprint density at radius 3 is 2.34 bits per heavy atom. The number of guanidine groups is 1. The van der Waals surface area contributed by atoms with Gasteiger partial charge in [-0.3, -0.25) is 14.8 Å². The van der Waals surface area contributed by atoms with Crippen LogP contribution in [-0.4, -0.2) is 62.2 Å². The van der Waals surface area contributed by atoms with Crippen LogP contribution in [0.1, 0.15) is 36.1 Å². The maximum absolute atomic E-state index is 5.48. The number of rotatable bonds is 10. The molecule has 0 bridgehead atoms. The van der Waals surface area contributed by atoms with E-state index in [2.05, 4.69) is 87.8 Å². The molecule has 3 rings (SSSR count). The molecule has 0 spiro atoms. The molecular formula is C26H39N5O. The fourth-order valence-electron chi connectivity index (χ4n) is 4.01. The number of nitrogens with zero attached hydrogens (tertiary/aromatic N) is 3. The number of aliphatic imine (C=N–C) groups is 1. The second-order valence-electron chi connectivity index (χ2n) is 8.22. The molecule has 1 heterocycles. The van der Waals surface area contributed by atoms with Gasteiger partial charge in [0, 0.05) is 46.3 Å². The summed E-state index contributed by atoms with van der Waals surface area (Å²) < 4.78 is 5.48. The minimum absolute atomic E-state index is 0.751. The molecule has 1 saturated heterocycles. The average Bonchev–Trinajstić information content (AvgIpc) is 2.84. The van der Waals surface area contributed by atoms with Gasteiger partial charge in [-0.05, 0) is 35.3 Å². The van der Waals surface area contributed by atoms with Gasteiger partial charge >= 0.3 is 0 Å². The van der Waals surface area contributed by atoms with E-state index in [0.717, 1.165) is 71.5 Å². The van der Waals surface area contributed by atoms with E-state index in [-0.39, 0.29) is 0 Å². The quantitative estimate of drug-likeness (QED) is 0.442. The molecule has 174 valence electrons. The normalized spacial score (nSPS) is 15.2. The van der Waals surface area contributed by atoms with Crippen molar-refractivity contribution in [1.82, 2.24) is 20.4 Å². The van der Waals surface area contributed by atoms with Crippen molar-refractivity contribution in [2.45, 2.75) is 40.0 Å². The Bertz CT molecular complexity index is 844. The van der Waals surface area contributed by atoms with Crippen LogP contribution < -0.4 is 10.6 Å². The Morgan fingerprint density at radius 2 is 1.62 bits per heavy atom. The minimum Gasteiger partial charge on any atom is -0.379 e. The lowest BCUT2D eigenvalue weighted by Gasteiger charge is -2.27. The predicted octanol–water partition coefficient (Wildman–Crippen LogP) is 3.23. The van der Waals surface area contributed by atoms with Crippen LogP contribution in [0.15, 0.2) is 53.5 Å². The van der Waals surface area contributed by atoms with Crippen molar-refractivity contribution in [1.29, 1.82) is 0 Å². The van der Waals surface area contributed by atoms with Crippen LogP contribution in [0.25, 0.3) is 0 Å². The van der Waals surface area contributed by atoms with Gasteiger partial charge in [0.25, 0.3) is 0 Å². The molecule has 0 aromatic heterocycles. The first-order chi connectivity index (χ1) is 15.7. The summed E-state index contributed by atoms with van der Waals surface area (Å²) in [6.07, 6.45) is 0. The van der Waals surface area contributed by atoms with E-state index < -0.39 is 0 Å². The first-order valence-electron chi connectivity index (χ1n) is 11.8. The third-order valence-electron chi connectivity index (χ3n) is 6.04. The molecule has 1 aliphatic rings. The van der Waals surface area contributed by atoms with Crippen molar-refractivity contribution >= 4 is 5.96 Å². The zero-order valence-electron chi connectivity index (χ0n) is 19.9. The van der Waals surface area contributed by atoms with Gasteiger partial charge in [-0.15, -0.1) is 0 Å². The van der Waals surface area contributed by atoms with Crippen molar-refractivity contribution in [3.63, 3.8) is 0 Å². The van der Waals surface area contributed by atoms with Crippen molar-refractivity contribution in [2.75, 3.05) is 46.4 Å². The van der Waals surface area contributed by atoms with Crippen molar-refractivity contribution in [3.05, 3.63) is 70.8 Å². The molecule has 32 heavy (non-hydrogen) atoms. The van der Waals surface area contributed by atoms with Gasteiger partial charge in [0.15, 0.2) is 5.96 Å². The lowest BCUT2D eigenvalue weighted by molar-refractivity contribution is 0.0341. The number of hydrogen-bond acceptors (Lipinski definition) is 4. The molecule has 6 heteroatoms. The standard InChI is InChI=1S/C26H39N5O/c1-4-30(5-2)20-23-10-8-9-22(17-23)18-28-26(27-3)29-19-24-11-6-7-12-25(24)21-31-13-15-32-16-14-31/h6-12,17H,4-5,13-16,18-21H2,1-3H3,(H2,27,28,29). The van der Waals surface area contributed by atoms with Gasteiger partial charge < -0.3 is 15.4 Å². The Hall–Kier alpha value is -2.41. The highest BCUT2D eigenvalue weighted by Gasteiger charge is 2.13. The number of morpholine rings is 1. The molecule has 1 fully saturated rings. The topological polar surface area (TPSA) is 52.1 Å². The predicted molar refractivity (Wildman–Crippen MR) is 133 cm³/mol. The summed E-state index contributed by atoms with van der Waals surface area (Å²) >= 11 is 0. The number of hydrogen-bond donors (Lipinski definition) is 2. The van der Waals surface area contributed by atoms with Gasteiger partial charge in [-0.1, -0.05) is 62.4 Å². The fourth-order valence-corrected chi connectivity index (χ4v) is 4.01. The van der Waals surface area contributed by atoms with Gasteiger partial charge in [0.2, 0.25) is 0 Å². The molecule has 0 aliphatic carbocycles. The molecule has 2 aromatic carbocycles. The average molecular weight is 438 g/mol. The Balaban J connectivity index is 1.52. The highest BCUT2D eigenvalue weighted by Crippen LogP contribution is 2.13. The van der Waals surface area contributed by atoms with E-state index in [1.165, 1.54) is 22.3 Å². The molecule has 0 saturated carbocycles. The molecule has 2 N–H and O–H groups in total. The van der Waals surface area contributed by atoms with Crippen LogP contribution in [0.5, 0.6) is 0 Å². The molecule has 2 aromatic rings. The SMILES string of the molecule is CCN(CC)Cc1cccc(CNC(=NC)NCc2ccccc2CN2CCOCC2)c1. The summed E-state index contributed by atoms with van der Waals surface area (Å²) in [5, 5.41) is 6.95. The molecule has 0 amide bonds. The summed E-state index contributed by atoms with van der Waals surface area (Å²) in [6, 6.07) is 17.5. The van der Waals surface area contributed by atoms with Gasteiger partial charge in [-0.2, -0.15) is 0 Å². The lowest BCUT2D eigenvalue weighted by atomic mass is 10.1. The molecule has 1 aliphatic heterocycles. The van der Waals surface area contributed by atoms with E-state index in [0.29, 0.717) is 0 Å². The van der Waals surface area contributed by atoms with Gasteiger partial charge in [0.1, 0.15) is 0 Å². The fraction of sp³-hybridized carbons (Fsp3) is 0.500. The van der Waals surface area contributed by atoms with Crippen molar-refractivity contribution in [2.24, 2.45) is 4.99 Å². The summed E-state index contributed by atoms with van der Waals surface area (Å²) in [5.41, 5.74) is 5.29. The third-order valence-corrected chi connectivity index (χ3v) is 6.04. The summed E-state index contributed by atoms with van der Waals surface area (Å²) in [5.74, 6) is 0.820. The number of benzene rings is 2. The number of nitrogens with one attached hydrogen (secondary N) is 2. The zero-order valence-corrected chi connectivity index (χ0v) is 19.9. The third kappa shape index (κ3) is 7.62. The van der Waals surface area contributed by atoms with E-state index in [9.17, 15) is 0 Å². The van der Waals surface area contributed by atoms with Gasteiger partial charge in [-0.25, -0.2) is 0 Å². The minimum atomic E-state index is 0.751. The first kappa shape index (κ1) is 24.2. The summed E-state index contributed by atoms with van der Waals surface area (Å²) in [7, 11) is 1.83. The second-order valence-corrected chi connectivity index (χ2v) is 8.22. The van der Waals surface area contributed by atoms with Crippen LogP contribution in [-0.2, 0) is 30.9 Å². The first-order valence-corrected chi connectivity index (χ1v) is 11.8. The molecule has 0 radical (unpaired) electrons. The largest absolute Gasteiger partial charge is 0.379 e. The molecule has 0 unspecified atom stereocenters. The second kappa shape index (κ2) is 13.2. The highest BCUT2D eigenvalue weighted by atomic mass is 16.5. The van der Waals surface area contributed by atoms with Crippen molar-refractivity contribution in [3.8, 4) is 0 Å². The van der Waals surface area contributed by atoms with Crippen LogP contribution in [0, 0.1) is 0 Å². The molecular weight excluding hydrogens is 398 g/mol. The van der Waals surface area contributed by atoms with E-state index in [1.807, 2.05) is 7.05 Å². The van der Waals surface area contributed by atoms with Gasteiger partial charge in [0.05, 0.1) is 13.2 Å². The maximum atomic E-state index is 5.48. The smallest absolute Gasteiger partial charge is 0.191 e. The summed E-state index contributed by atoms with van der Waals surface area (Å²) in [6.45, 7) is 13.7. The van der Waals surface area contributed by atoms with Crippen LogP contribution >= 0.6 is 0 Å².